The molecule has 2 rings (SSSR count). The SMILES string of the molecule is CN1CCN=C1NCc1cccc(NS(C)(=O)=O)c1. The van der Waals surface area contributed by atoms with Gasteiger partial charge in [0, 0.05) is 25.8 Å². The van der Waals surface area contributed by atoms with Gasteiger partial charge in [0.2, 0.25) is 10.0 Å². The van der Waals surface area contributed by atoms with Gasteiger partial charge >= 0.3 is 0 Å². The zero-order valence-electron chi connectivity index (χ0n) is 11.0. The summed E-state index contributed by atoms with van der Waals surface area (Å²) >= 11 is 0. The van der Waals surface area contributed by atoms with E-state index in [-0.39, 0.29) is 0 Å². The lowest BCUT2D eigenvalue weighted by Gasteiger charge is -2.15. The third-order valence-electron chi connectivity index (χ3n) is 2.74. The van der Waals surface area contributed by atoms with Gasteiger partial charge in [0.15, 0.2) is 5.96 Å². The number of anilines is 1. The molecule has 1 heterocycles. The molecule has 0 radical (unpaired) electrons. The van der Waals surface area contributed by atoms with E-state index in [9.17, 15) is 8.42 Å². The molecule has 1 aromatic carbocycles. The summed E-state index contributed by atoms with van der Waals surface area (Å²) in [6.07, 6.45) is 1.14. The normalized spacial score (nSPS) is 15.3. The number of guanidine groups is 1. The Hall–Kier alpha value is -1.76. The molecule has 0 unspecified atom stereocenters. The molecule has 2 N–H and O–H groups in total. The van der Waals surface area contributed by atoms with Crippen LogP contribution in [0.15, 0.2) is 29.3 Å². The van der Waals surface area contributed by atoms with Crippen molar-refractivity contribution in [2.24, 2.45) is 4.99 Å². The van der Waals surface area contributed by atoms with E-state index >= 15 is 0 Å². The van der Waals surface area contributed by atoms with Gasteiger partial charge < -0.3 is 10.2 Å². The molecular weight excluding hydrogens is 264 g/mol. The summed E-state index contributed by atoms with van der Waals surface area (Å²) in [5.74, 6) is 0.876. The van der Waals surface area contributed by atoms with E-state index < -0.39 is 10.0 Å². The minimum Gasteiger partial charge on any atom is -0.352 e. The first-order chi connectivity index (χ1) is 8.94. The van der Waals surface area contributed by atoms with Crippen LogP contribution in [0.4, 0.5) is 5.69 Å². The maximum absolute atomic E-state index is 11.2. The van der Waals surface area contributed by atoms with Crippen LogP contribution in [0.25, 0.3) is 0 Å². The topological polar surface area (TPSA) is 73.8 Å². The second-order valence-electron chi connectivity index (χ2n) is 4.56. The highest BCUT2D eigenvalue weighted by atomic mass is 32.2. The highest BCUT2D eigenvalue weighted by Gasteiger charge is 2.11. The van der Waals surface area contributed by atoms with Crippen LogP contribution in [0.5, 0.6) is 0 Å². The monoisotopic (exact) mass is 282 g/mol. The van der Waals surface area contributed by atoms with Gasteiger partial charge in [-0.15, -0.1) is 0 Å². The number of aliphatic imine (C=N–C) groups is 1. The van der Waals surface area contributed by atoms with Crippen LogP contribution in [0.1, 0.15) is 5.56 Å². The Bertz CT molecular complexity index is 583. The molecule has 0 amide bonds. The fourth-order valence-electron chi connectivity index (χ4n) is 1.86. The summed E-state index contributed by atoms with van der Waals surface area (Å²) in [6, 6.07) is 7.30. The molecule has 1 aliphatic heterocycles. The van der Waals surface area contributed by atoms with Gasteiger partial charge in [-0.25, -0.2) is 8.42 Å². The Morgan fingerprint density at radius 2 is 2.21 bits per heavy atom. The van der Waals surface area contributed by atoms with Crippen molar-refractivity contribution in [2.45, 2.75) is 6.54 Å². The minimum absolute atomic E-state index is 0.573. The molecule has 0 saturated heterocycles. The van der Waals surface area contributed by atoms with Crippen LogP contribution >= 0.6 is 0 Å². The smallest absolute Gasteiger partial charge is 0.229 e. The van der Waals surface area contributed by atoms with Crippen LogP contribution in [-0.2, 0) is 16.6 Å². The van der Waals surface area contributed by atoms with Crippen molar-refractivity contribution in [3.63, 3.8) is 0 Å². The summed E-state index contributed by atoms with van der Waals surface area (Å²) in [6.45, 7) is 2.36. The van der Waals surface area contributed by atoms with Gasteiger partial charge in [-0.2, -0.15) is 0 Å². The van der Waals surface area contributed by atoms with Gasteiger partial charge in [-0.1, -0.05) is 12.1 Å². The van der Waals surface area contributed by atoms with Crippen molar-refractivity contribution in [1.82, 2.24) is 10.2 Å². The van der Waals surface area contributed by atoms with Gasteiger partial charge in [0.1, 0.15) is 0 Å². The lowest BCUT2D eigenvalue weighted by molar-refractivity contribution is 0.534. The highest BCUT2D eigenvalue weighted by molar-refractivity contribution is 7.92. The van der Waals surface area contributed by atoms with Crippen molar-refractivity contribution in [3.05, 3.63) is 29.8 Å². The first-order valence-corrected chi connectivity index (χ1v) is 7.89. The van der Waals surface area contributed by atoms with Gasteiger partial charge in [0.05, 0.1) is 12.8 Å². The van der Waals surface area contributed by atoms with E-state index in [0.717, 1.165) is 30.9 Å². The predicted octanol–water partition coefficient (Wildman–Crippen LogP) is 0.449. The number of hydrogen-bond acceptors (Lipinski definition) is 5. The number of sulfonamides is 1. The summed E-state index contributed by atoms with van der Waals surface area (Å²) in [5.41, 5.74) is 1.57. The molecule has 0 saturated carbocycles. The summed E-state index contributed by atoms with van der Waals surface area (Å²) in [7, 11) is -1.25. The number of hydrogen-bond donors (Lipinski definition) is 2. The van der Waals surface area contributed by atoms with Gasteiger partial charge in [-0.05, 0) is 17.7 Å². The molecule has 104 valence electrons. The predicted molar refractivity (Wildman–Crippen MR) is 76.7 cm³/mol. The van der Waals surface area contributed by atoms with E-state index in [1.54, 1.807) is 6.07 Å². The molecule has 0 aliphatic carbocycles. The first kappa shape index (κ1) is 13.7. The average Bonchev–Trinajstić information content (AvgIpc) is 2.70. The second kappa shape index (κ2) is 5.48. The molecule has 7 heteroatoms. The number of nitrogens with one attached hydrogen (secondary N) is 2. The van der Waals surface area contributed by atoms with Gasteiger partial charge in [-0.3, -0.25) is 9.71 Å². The van der Waals surface area contributed by atoms with Crippen molar-refractivity contribution < 1.29 is 8.42 Å². The summed E-state index contributed by atoms with van der Waals surface area (Å²) in [4.78, 5) is 6.39. The lowest BCUT2D eigenvalue weighted by atomic mass is 10.2. The van der Waals surface area contributed by atoms with Crippen molar-refractivity contribution in [1.29, 1.82) is 0 Å². The van der Waals surface area contributed by atoms with E-state index in [0.29, 0.717) is 12.2 Å². The third-order valence-corrected chi connectivity index (χ3v) is 3.35. The van der Waals surface area contributed by atoms with Crippen molar-refractivity contribution in [2.75, 3.05) is 31.1 Å². The zero-order chi connectivity index (χ0) is 13.9. The van der Waals surface area contributed by atoms with E-state index in [4.69, 9.17) is 0 Å². The number of benzene rings is 1. The van der Waals surface area contributed by atoms with E-state index in [2.05, 4.69) is 19.9 Å². The summed E-state index contributed by atoms with van der Waals surface area (Å²) in [5, 5.41) is 3.24. The van der Waals surface area contributed by atoms with Crippen LogP contribution in [0.3, 0.4) is 0 Å². The van der Waals surface area contributed by atoms with Crippen molar-refractivity contribution in [3.8, 4) is 0 Å². The Balaban J connectivity index is 1.99. The molecular formula is C12H18N4O2S. The molecule has 6 nitrogen and oxygen atoms in total. The average molecular weight is 282 g/mol. The Kier molecular flexibility index (Phi) is 3.94. The van der Waals surface area contributed by atoms with Crippen LogP contribution in [0, 0.1) is 0 Å². The van der Waals surface area contributed by atoms with E-state index in [1.165, 1.54) is 0 Å². The maximum atomic E-state index is 11.2. The molecule has 1 aromatic rings. The number of likely N-dealkylation sites (N-methyl/N-ethyl adjacent to an activating group) is 1. The number of rotatable bonds is 4. The molecule has 0 fully saturated rings. The standard InChI is InChI=1S/C12H18N4O2S/c1-16-7-6-13-12(16)14-9-10-4-3-5-11(8-10)15-19(2,17)18/h3-5,8,15H,6-7,9H2,1-2H3,(H,13,14). The maximum Gasteiger partial charge on any atom is 0.229 e. The van der Waals surface area contributed by atoms with Crippen LogP contribution < -0.4 is 10.0 Å². The fraction of sp³-hybridized carbons (Fsp3) is 0.417. The van der Waals surface area contributed by atoms with E-state index in [1.807, 2.05) is 25.2 Å². The Labute approximate surface area is 113 Å². The highest BCUT2D eigenvalue weighted by Crippen LogP contribution is 2.12. The lowest BCUT2D eigenvalue weighted by Crippen LogP contribution is -2.35. The number of nitrogens with zero attached hydrogens (tertiary/aromatic N) is 2. The van der Waals surface area contributed by atoms with Crippen molar-refractivity contribution >= 4 is 21.7 Å². The molecule has 0 bridgehead atoms. The largest absolute Gasteiger partial charge is 0.352 e. The molecule has 19 heavy (non-hydrogen) atoms. The molecule has 0 atom stereocenters. The molecule has 0 aromatic heterocycles. The quantitative estimate of drug-likeness (QED) is 0.841. The fourth-order valence-corrected chi connectivity index (χ4v) is 2.42. The van der Waals surface area contributed by atoms with Gasteiger partial charge in [0.25, 0.3) is 0 Å². The Morgan fingerprint density at radius 3 is 2.84 bits per heavy atom. The minimum atomic E-state index is -3.24. The third kappa shape index (κ3) is 4.13. The Morgan fingerprint density at radius 1 is 1.42 bits per heavy atom. The van der Waals surface area contributed by atoms with Crippen LogP contribution in [0.2, 0.25) is 0 Å². The second-order valence-corrected chi connectivity index (χ2v) is 6.30. The molecule has 1 aliphatic rings. The molecule has 0 spiro atoms. The first-order valence-electron chi connectivity index (χ1n) is 6.00. The van der Waals surface area contributed by atoms with Crippen LogP contribution in [-0.4, -0.2) is 45.7 Å². The zero-order valence-corrected chi connectivity index (χ0v) is 11.9. The summed E-state index contributed by atoms with van der Waals surface area (Å²) < 4.78 is 24.8.